The number of aromatic nitrogens is 8. The molecule has 1 aliphatic rings. The quantitative estimate of drug-likeness (QED) is 0.352. The van der Waals surface area contributed by atoms with Crippen LogP contribution in [0.4, 0.5) is 10.3 Å². The van der Waals surface area contributed by atoms with Crippen molar-refractivity contribution >= 4 is 44.8 Å². The summed E-state index contributed by atoms with van der Waals surface area (Å²) >= 11 is 2.79. The number of nitrogens with one attached hydrogen (secondary N) is 2. The van der Waals surface area contributed by atoms with Gasteiger partial charge in [0.15, 0.2) is 0 Å². The minimum atomic E-state index is -0.229. The molecule has 0 aliphatic heterocycles. The molecule has 2 unspecified atom stereocenters. The standard InChI is InChI=1S/C22H22N10O2S2/c33-17(11-15-23-6-2-7-24-15)27-21-31-29-19(35-21)13-4-1-5-14(10-13)20-30-32-22(36-20)28-18(34)12-16-25-8-3-9-26-16/h2-3,6-9,13-14H,1,4-5,10-12H2,(H,27,31,33)(H,28,32,34). The topological polar surface area (TPSA) is 161 Å². The van der Waals surface area contributed by atoms with Crippen LogP contribution >= 0.6 is 22.7 Å². The number of amides is 2. The third kappa shape index (κ3) is 6.26. The van der Waals surface area contributed by atoms with Crippen LogP contribution < -0.4 is 10.6 Å². The van der Waals surface area contributed by atoms with E-state index in [1.165, 1.54) is 22.7 Å². The van der Waals surface area contributed by atoms with Crippen molar-refractivity contribution in [3.63, 3.8) is 0 Å². The van der Waals surface area contributed by atoms with E-state index < -0.39 is 0 Å². The third-order valence-electron chi connectivity index (χ3n) is 5.62. The number of rotatable bonds is 8. The van der Waals surface area contributed by atoms with Gasteiger partial charge in [-0.15, -0.1) is 20.4 Å². The summed E-state index contributed by atoms with van der Waals surface area (Å²) in [6.45, 7) is 0. The van der Waals surface area contributed by atoms with Gasteiger partial charge in [0.1, 0.15) is 21.7 Å². The van der Waals surface area contributed by atoms with Crippen LogP contribution in [0.3, 0.4) is 0 Å². The maximum atomic E-state index is 12.3. The van der Waals surface area contributed by atoms with Gasteiger partial charge in [-0.2, -0.15) is 0 Å². The SMILES string of the molecule is O=C(Cc1ncccn1)Nc1nnc(C2CCCC(c3nnc(NC(=O)Cc4ncccn4)s3)C2)s1. The van der Waals surface area contributed by atoms with Crippen LogP contribution in [-0.2, 0) is 22.4 Å². The highest BCUT2D eigenvalue weighted by Crippen LogP contribution is 2.43. The van der Waals surface area contributed by atoms with E-state index in [2.05, 4.69) is 51.0 Å². The molecular weight excluding hydrogens is 500 g/mol. The lowest BCUT2D eigenvalue weighted by Gasteiger charge is -2.25. The van der Waals surface area contributed by atoms with E-state index in [-0.39, 0.29) is 36.5 Å². The lowest BCUT2D eigenvalue weighted by Crippen LogP contribution is -2.15. The van der Waals surface area contributed by atoms with Crippen LogP contribution in [0, 0.1) is 0 Å². The summed E-state index contributed by atoms with van der Waals surface area (Å²) in [6.07, 6.45) is 10.5. The second-order valence-electron chi connectivity index (χ2n) is 8.23. The smallest absolute Gasteiger partial charge is 0.233 e. The first kappa shape index (κ1) is 23.9. The zero-order chi connectivity index (χ0) is 24.7. The van der Waals surface area contributed by atoms with E-state index in [0.717, 1.165) is 35.7 Å². The van der Waals surface area contributed by atoms with Gasteiger partial charge in [-0.25, -0.2) is 19.9 Å². The summed E-state index contributed by atoms with van der Waals surface area (Å²) in [5.41, 5.74) is 0. The summed E-state index contributed by atoms with van der Waals surface area (Å²) in [5, 5.41) is 25.3. The molecule has 12 nitrogen and oxygen atoms in total. The van der Waals surface area contributed by atoms with E-state index in [4.69, 9.17) is 0 Å². The molecule has 2 atom stereocenters. The summed E-state index contributed by atoms with van der Waals surface area (Å²) in [5.74, 6) is 0.898. The Balaban J connectivity index is 1.15. The van der Waals surface area contributed by atoms with Crippen molar-refractivity contribution in [2.45, 2.75) is 50.4 Å². The van der Waals surface area contributed by atoms with Crippen molar-refractivity contribution < 1.29 is 9.59 Å². The lowest BCUT2D eigenvalue weighted by molar-refractivity contribution is -0.116. The van der Waals surface area contributed by atoms with Crippen LogP contribution in [0.2, 0.25) is 0 Å². The van der Waals surface area contributed by atoms with Gasteiger partial charge in [-0.3, -0.25) is 9.59 Å². The van der Waals surface area contributed by atoms with Crippen molar-refractivity contribution in [1.82, 2.24) is 40.3 Å². The molecule has 0 saturated heterocycles. The van der Waals surface area contributed by atoms with Crippen LogP contribution in [0.15, 0.2) is 36.9 Å². The fourth-order valence-electron chi connectivity index (χ4n) is 4.00. The number of carbonyl (C=O) groups is 2. The Bertz CT molecular complexity index is 1210. The number of hydrogen-bond acceptors (Lipinski definition) is 12. The summed E-state index contributed by atoms with van der Waals surface area (Å²) in [6, 6.07) is 3.41. The lowest BCUT2D eigenvalue weighted by atomic mass is 9.82. The van der Waals surface area contributed by atoms with Gasteiger partial charge in [-0.05, 0) is 31.4 Å². The molecule has 14 heteroatoms. The first-order valence-electron chi connectivity index (χ1n) is 11.4. The number of carbonyl (C=O) groups excluding carboxylic acids is 2. The molecule has 184 valence electrons. The molecule has 1 saturated carbocycles. The molecule has 4 aromatic rings. The number of hydrogen-bond donors (Lipinski definition) is 2. The van der Waals surface area contributed by atoms with Gasteiger partial charge in [0, 0.05) is 36.6 Å². The highest BCUT2D eigenvalue weighted by Gasteiger charge is 2.29. The molecule has 36 heavy (non-hydrogen) atoms. The van der Waals surface area contributed by atoms with E-state index in [1.54, 1.807) is 36.9 Å². The number of nitrogens with zero attached hydrogens (tertiary/aromatic N) is 8. The van der Waals surface area contributed by atoms with Crippen molar-refractivity contribution in [2.75, 3.05) is 10.6 Å². The van der Waals surface area contributed by atoms with Crippen molar-refractivity contribution in [3.8, 4) is 0 Å². The van der Waals surface area contributed by atoms with Gasteiger partial charge in [0.05, 0.1) is 12.8 Å². The Labute approximate surface area is 214 Å². The molecule has 5 rings (SSSR count). The largest absolute Gasteiger partial charge is 0.300 e. The average molecular weight is 523 g/mol. The Morgan fingerprint density at radius 1 is 0.722 bits per heavy atom. The van der Waals surface area contributed by atoms with Crippen LogP contribution in [0.1, 0.15) is 59.2 Å². The minimum Gasteiger partial charge on any atom is -0.300 e. The third-order valence-corrected chi connectivity index (χ3v) is 7.62. The molecule has 4 aromatic heterocycles. The van der Waals surface area contributed by atoms with Gasteiger partial charge < -0.3 is 10.6 Å². The maximum absolute atomic E-state index is 12.3. The molecule has 0 radical (unpaired) electrons. The first-order valence-corrected chi connectivity index (χ1v) is 13.0. The van der Waals surface area contributed by atoms with Gasteiger partial charge in [0.2, 0.25) is 22.1 Å². The zero-order valence-electron chi connectivity index (χ0n) is 19.1. The summed E-state index contributed by atoms with van der Waals surface area (Å²) in [4.78, 5) is 40.8. The Hall–Kier alpha value is -3.78. The molecule has 1 aliphatic carbocycles. The van der Waals surface area contributed by atoms with E-state index in [9.17, 15) is 9.59 Å². The predicted molar refractivity (Wildman–Crippen MR) is 132 cm³/mol. The van der Waals surface area contributed by atoms with E-state index in [0.29, 0.717) is 21.9 Å². The van der Waals surface area contributed by atoms with Crippen molar-refractivity contribution in [3.05, 3.63) is 58.6 Å². The van der Waals surface area contributed by atoms with Gasteiger partial charge in [-0.1, -0.05) is 29.1 Å². The molecule has 0 bridgehead atoms. The second kappa shape index (κ2) is 11.3. The predicted octanol–water partition coefficient (Wildman–Crippen LogP) is 2.77. The van der Waals surface area contributed by atoms with Crippen LogP contribution in [0.5, 0.6) is 0 Å². The Morgan fingerprint density at radius 3 is 1.61 bits per heavy atom. The van der Waals surface area contributed by atoms with Crippen molar-refractivity contribution in [1.29, 1.82) is 0 Å². The maximum Gasteiger partial charge on any atom is 0.233 e. The Kier molecular flexibility index (Phi) is 7.52. The number of anilines is 2. The second-order valence-corrected chi connectivity index (χ2v) is 10.2. The molecule has 2 amide bonds. The average Bonchev–Trinajstić information content (AvgIpc) is 3.55. The van der Waals surface area contributed by atoms with E-state index >= 15 is 0 Å². The van der Waals surface area contributed by atoms with E-state index in [1.807, 2.05) is 0 Å². The monoisotopic (exact) mass is 522 g/mol. The van der Waals surface area contributed by atoms with Crippen LogP contribution in [0.25, 0.3) is 0 Å². The molecule has 0 aromatic carbocycles. The fraction of sp³-hybridized carbons (Fsp3) is 0.364. The van der Waals surface area contributed by atoms with Crippen LogP contribution in [-0.4, -0.2) is 52.1 Å². The zero-order valence-corrected chi connectivity index (χ0v) is 20.7. The highest BCUT2D eigenvalue weighted by atomic mass is 32.1. The molecule has 1 fully saturated rings. The minimum absolute atomic E-state index is 0.0789. The normalized spacial score (nSPS) is 17.4. The van der Waals surface area contributed by atoms with Gasteiger partial charge >= 0.3 is 0 Å². The summed E-state index contributed by atoms with van der Waals surface area (Å²) in [7, 11) is 0. The molecule has 0 spiro atoms. The molecule has 2 N–H and O–H groups in total. The summed E-state index contributed by atoms with van der Waals surface area (Å²) < 4.78 is 0. The Morgan fingerprint density at radius 2 is 1.17 bits per heavy atom. The molecule has 4 heterocycles. The molecular formula is C22H22N10O2S2. The highest BCUT2D eigenvalue weighted by molar-refractivity contribution is 7.15. The first-order chi connectivity index (χ1) is 17.6. The van der Waals surface area contributed by atoms with Crippen molar-refractivity contribution in [2.24, 2.45) is 0 Å². The van der Waals surface area contributed by atoms with Gasteiger partial charge in [0.25, 0.3) is 0 Å². The fourth-order valence-corrected chi connectivity index (χ4v) is 5.81.